The van der Waals surface area contributed by atoms with Gasteiger partial charge in [0.2, 0.25) is 0 Å². The molecule has 1 amide bonds. The number of fused-ring (bicyclic) bond motifs is 1. The minimum absolute atomic E-state index is 0.0143. The lowest BCUT2D eigenvalue weighted by atomic mass is 9.78. The number of amides is 1. The van der Waals surface area contributed by atoms with Crippen molar-refractivity contribution in [3.8, 4) is 11.5 Å². The normalized spacial score (nSPS) is 26.8. The van der Waals surface area contributed by atoms with Crippen LogP contribution in [-0.4, -0.2) is 48.3 Å². The van der Waals surface area contributed by atoms with E-state index >= 15 is 0 Å². The van der Waals surface area contributed by atoms with Crippen molar-refractivity contribution in [1.82, 2.24) is 4.90 Å². The number of likely N-dealkylation sites (tertiary alicyclic amines) is 1. The zero-order chi connectivity index (χ0) is 19.8. The Bertz CT molecular complexity index is 860. The van der Waals surface area contributed by atoms with E-state index in [9.17, 15) is 9.90 Å². The Labute approximate surface area is 165 Å². The average molecular weight is 385 g/mol. The van der Waals surface area contributed by atoms with Crippen molar-refractivity contribution >= 4 is 5.91 Å². The van der Waals surface area contributed by atoms with Crippen molar-refractivity contribution in [2.75, 3.05) is 20.2 Å². The van der Waals surface area contributed by atoms with Gasteiger partial charge in [0.05, 0.1) is 18.8 Å². The Kier molecular flexibility index (Phi) is 5.06. The maximum Gasteiger partial charge on any atom is 0.257 e. The number of carbonyl (C=O) groups excluding carboxylic acids is 1. The molecule has 4 atom stereocenters. The van der Waals surface area contributed by atoms with Crippen LogP contribution >= 0.6 is 0 Å². The first-order valence-corrected chi connectivity index (χ1v) is 9.80. The van der Waals surface area contributed by atoms with Gasteiger partial charge >= 0.3 is 0 Å². The van der Waals surface area contributed by atoms with E-state index < -0.39 is 6.10 Å². The fraction of sp³-hybridized carbons (Fsp3) is 0.500. The second-order valence-corrected chi connectivity index (χ2v) is 7.90. The van der Waals surface area contributed by atoms with Crippen LogP contribution in [0.1, 0.15) is 34.7 Å². The van der Waals surface area contributed by atoms with Crippen LogP contribution in [0.25, 0.3) is 0 Å². The van der Waals surface area contributed by atoms with Gasteiger partial charge in [-0.15, -0.1) is 0 Å². The molecule has 1 aliphatic heterocycles. The molecular formula is C22H27NO5. The Balaban J connectivity index is 1.45. The molecule has 28 heavy (non-hydrogen) atoms. The number of aryl methyl sites for hydroxylation is 2. The number of rotatable bonds is 4. The smallest absolute Gasteiger partial charge is 0.257 e. The number of aliphatic hydroxyl groups is 1. The first-order valence-electron chi connectivity index (χ1n) is 9.80. The summed E-state index contributed by atoms with van der Waals surface area (Å²) < 4.78 is 17.0. The molecule has 1 aliphatic carbocycles. The molecule has 2 fully saturated rings. The number of nitrogens with zero attached hydrogens (tertiary/aromatic N) is 1. The van der Waals surface area contributed by atoms with Gasteiger partial charge in [-0.2, -0.15) is 0 Å². The highest BCUT2D eigenvalue weighted by atomic mass is 16.5. The number of hydrogen-bond donors (Lipinski definition) is 1. The van der Waals surface area contributed by atoms with Crippen molar-refractivity contribution in [1.29, 1.82) is 0 Å². The molecule has 2 aromatic rings. The Hall–Kier alpha value is -2.47. The standard InChI is InChI=1S/C22H27NO5/c1-13-8-17(14(2)27-13)22(25)23-11-15-9-18(24)21(10-16(15)12-23)28-20-7-5-4-6-19(20)26-3/h4-8,15-16,18,21,24H,9-12H2,1-3H3/t15-,16+,18+,21+/m0/s1. The minimum Gasteiger partial charge on any atom is -0.493 e. The van der Waals surface area contributed by atoms with Crippen LogP contribution in [0.3, 0.4) is 0 Å². The third-order valence-corrected chi connectivity index (χ3v) is 5.99. The molecule has 6 nitrogen and oxygen atoms in total. The molecule has 4 rings (SSSR count). The van der Waals surface area contributed by atoms with Crippen molar-refractivity contribution in [2.24, 2.45) is 11.8 Å². The van der Waals surface area contributed by atoms with Crippen LogP contribution in [0.4, 0.5) is 0 Å². The molecule has 150 valence electrons. The zero-order valence-electron chi connectivity index (χ0n) is 16.6. The number of furan rings is 1. The molecule has 6 heteroatoms. The molecule has 1 aromatic heterocycles. The molecular weight excluding hydrogens is 358 g/mol. The van der Waals surface area contributed by atoms with Crippen LogP contribution in [0.15, 0.2) is 34.7 Å². The molecule has 1 aromatic carbocycles. The highest BCUT2D eigenvalue weighted by molar-refractivity contribution is 5.95. The van der Waals surface area contributed by atoms with Gasteiger partial charge in [0.15, 0.2) is 11.5 Å². The van der Waals surface area contributed by atoms with Crippen LogP contribution in [0.2, 0.25) is 0 Å². The summed E-state index contributed by atoms with van der Waals surface area (Å²) in [4.78, 5) is 14.8. The summed E-state index contributed by atoms with van der Waals surface area (Å²) in [5.41, 5.74) is 0.638. The van der Waals surface area contributed by atoms with Crippen LogP contribution in [0.5, 0.6) is 11.5 Å². The molecule has 1 N–H and O–H groups in total. The van der Waals surface area contributed by atoms with E-state index in [1.807, 2.05) is 49.1 Å². The third kappa shape index (κ3) is 3.49. The summed E-state index contributed by atoms with van der Waals surface area (Å²) >= 11 is 0. The summed E-state index contributed by atoms with van der Waals surface area (Å²) in [7, 11) is 1.61. The van der Waals surface area contributed by atoms with Gasteiger partial charge in [0.1, 0.15) is 17.6 Å². The van der Waals surface area contributed by atoms with E-state index in [0.29, 0.717) is 54.2 Å². The van der Waals surface area contributed by atoms with Crippen molar-refractivity contribution in [2.45, 2.75) is 38.9 Å². The highest BCUT2D eigenvalue weighted by Gasteiger charge is 2.44. The Morgan fingerprint density at radius 3 is 2.46 bits per heavy atom. The SMILES string of the molecule is COc1ccccc1O[C@@H]1C[C@@H]2CN(C(=O)c3cc(C)oc3C)C[C@@H]2C[C@H]1O. The number of methoxy groups -OCH3 is 1. The summed E-state index contributed by atoms with van der Waals surface area (Å²) in [5, 5.41) is 10.6. The largest absolute Gasteiger partial charge is 0.493 e. The van der Waals surface area contributed by atoms with Gasteiger partial charge in [0, 0.05) is 13.1 Å². The Morgan fingerprint density at radius 2 is 1.82 bits per heavy atom. The number of hydrogen-bond acceptors (Lipinski definition) is 5. The molecule has 0 unspecified atom stereocenters. The first-order chi connectivity index (χ1) is 13.5. The highest BCUT2D eigenvalue weighted by Crippen LogP contribution is 2.39. The molecule has 1 saturated carbocycles. The maximum atomic E-state index is 12.9. The number of aliphatic hydroxyl groups excluding tert-OH is 1. The van der Waals surface area contributed by atoms with Gasteiger partial charge in [-0.3, -0.25) is 4.79 Å². The van der Waals surface area contributed by atoms with Crippen LogP contribution in [0, 0.1) is 25.7 Å². The van der Waals surface area contributed by atoms with E-state index in [2.05, 4.69) is 0 Å². The number of benzene rings is 1. The molecule has 0 spiro atoms. The van der Waals surface area contributed by atoms with Crippen LogP contribution < -0.4 is 9.47 Å². The molecule has 0 radical (unpaired) electrons. The van der Waals surface area contributed by atoms with E-state index in [1.165, 1.54) is 0 Å². The lowest BCUT2D eigenvalue weighted by Gasteiger charge is -2.35. The maximum absolute atomic E-state index is 12.9. The second kappa shape index (κ2) is 7.51. The molecule has 2 heterocycles. The van der Waals surface area contributed by atoms with Gasteiger partial charge in [-0.05, 0) is 56.7 Å². The van der Waals surface area contributed by atoms with Gasteiger partial charge in [-0.1, -0.05) is 12.1 Å². The monoisotopic (exact) mass is 385 g/mol. The summed E-state index contributed by atoms with van der Waals surface area (Å²) in [5.74, 6) is 3.34. The van der Waals surface area contributed by atoms with E-state index in [0.717, 1.165) is 12.2 Å². The lowest BCUT2D eigenvalue weighted by molar-refractivity contribution is -0.0240. The van der Waals surface area contributed by atoms with E-state index in [1.54, 1.807) is 7.11 Å². The van der Waals surface area contributed by atoms with E-state index in [4.69, 9.17) is 13.9 Å². The summed E-state index contributed by atoms with van der Waals surface area (Å²) in [6.07, 6.45) is 0.499. The average Bonchev–Trinajstić information content (AvgIpc) is 3.24. The van der Waals surface area contributed by atoms with Crippen molar-refractivity contribution < 1.29 is 23.8 Å². The minimum atomic E-state index is -0.556. The van der Waals surface area contributed by atoms with Gasteiger partial charge in [-0.25, -0.2) is 0 Å². The number of ether oxygens (including phenoxy) is 2. The third-order valence-electron chi connectivity index (χ3n) is 5.99. The fourth-order valence-corrected chi connectivity index (χ4v) is 4.58. The van der Waals surface area contributed by atoms with Crippen molar-refractivity contribution in [3.05, 3.63) is 47.4 Å². The molecule has 1 saturated heterocycles. The number of carbonyl (C=O) groups is 1. The lowest BCUT2D eigenvalue weighted by Crippen LogP contribution is -2.42. The summed E-state index contributed by atoms with van der Waals surface area (Å²) in [6, 6.07) is 9.28. The van der Waals surface area contributed by atoms with Gasteiger partial charge < -0.3 is 23.9 Å². The quantitative estimate of drug-likeness (QED) is 0.875. The van der Waals surface area contributed by atoms with Crippen LogP contribution in [-0.2, 0) is 0 Å². The Morgan fingerprint density at radius 1 is 1.14 bits per heavy atom. The van der Waals surface area contributed by atoms with E-state index in [-0.39, 0.29) is 12.0 Å². The second-order valence-electron chi connectivity index (χ2n) is 7.90. The predicted molar refractivity (Wildman–Crippen MR) is 104 cm³/mol. The summed E-state index contributed by atoms with van der Waals surface area (Å²) in [6.45, 7) is 5.03. The molecule has 0 bridgehead atoms. The zero-order valence-corrected chi connectivity index (χ0v) is 16.6. The van der Waals surface area contributed by atoms with Crippen molar-refractivity contribution in [3.63, 3.8) is 0 Å². The fourth-order valence-electron chi connectivity index (χ4n) is 4.58. The molecule has 2 aliphatic rings. The van der Waals surface area contributed by atoms with Gasteiger partial charge in [0.25, 0.3) is 5.91 Å². The predicted octanol–water partition coefficient (Wildman–Crippen LogP) is 3.20. The number of para-hydroxylation sites is 2. The first kappa shape index (κ1) is 18.9. The topological polar surface area (TPSA) is 72.1 Å².